The van der Waals surface area contributed by atoms with Crippen molar-refractivity contribution in [3.8, 4) is 17.1 Å². The van der Waals surface area contributed by atoms with Crippen molar-refractivity contribution >= 4 is 22.4 Å². The van der Waals surface area contributed by atoms with E-state index >= 15 is 0 Å². The van der Waals surface area contributed by atoms with Crippen molar-refractivity contribution < 1.29 is 9.13 Å². The summed E-state index contributed by atoms with van der Waals surface area (Å²) in [5.41, 5.74) is 1.19. The molecule has 0 amide bonds. The van der Waals surface area contributed by atoms with E-state index in [-0.39, 0.29) is 11.4 Å². The van der Waals surface area contributed by atoms with E-state index in [1.165, 1.54) is 47.2 Å². The van der Waals surface area contributed by atoms with Crippen LogP contribution in [0.1, 0.15) is 38.2 Å². The van der Waals surface area contributed by atoms with Gasteiger partial charge in [-0.25, -0.2) is 4.39 Å². The molecule has 0 aliphatic heterocycles. The Kier molecular flexibility index (Phi) is 6.18. The SMILES string of the molecule is CCCCCCOc1ccc(-c2nc3s/c(=C/c4cccc(F)c4)c(=O)n3n2)cc1. The van der Waals surface area contributed by atoms with Crippen LogP contribution >= 0.6 is 11.3 Å². The van der Waals surface area contributed by atoms with E-state index in [1.54, 1.807) is 18.2 Å². The summed E-state index contributed by atoms with van der Waals surface area (Å²) in [6, 6.07) is 13.7. The summed E-state index contributed by atoms with van der Waals surface area (Å²) in [6.07, 6.45) is 6.32. The van der Waals surface area contributed by atoms with E-state index in [4.69, 9.17) is 4.74 Å². The van der Waals surface area contributed by atoms with Gasteiger partial charge in [0.2, 0.25) is 4.96 Å². The van der Waals surface area contributed by atoms with Gasteiger partial charge in [0.1, 0.15) is 11.6 Å². The van der Waals surface area contributed by atoms with Crippen molar-refractivity contribution in [1.29, 1.82) is 0 Å². The fourth-order valence-corrected chi connectivity index (χ4v) is 4.03. The van der Waals surface area contributed by atoms with Crippen molar-refractivity contribution in [2.45, 2.75) is 32.6 Å². The molecule has 2 aromatic carbocycles. The second-order valence-electron chi connectivity index (χ2n) is 7.03. The maximum atomic E-state index is 13.4. The zero-order valence-electron chi connectivity index (χ0n) is 16.7. The molecule has 4 rings (SSSR count). The first-order valence-corrected chi connectivity index (χ1v) is 10.9. The maximum Gasteiger partial charge on any atom is 0.291 e. The third-order valence-electron chi connectivity index (χ3n) is 4.71. The van der Waals surface area contributed by atoms with Gasteiger partial charge in [-0.3, -0.25) is 4.79 Å². The smallest absolute Gasteiger partial charge is 0.291 e. The van der Waals surface area contributed by atoms with Gasteiger partial charge in [-0.2, -0.15) is 9.50 Å². The Morgan fingerprint density at radius 1 is 1.13 bits per heavy atom. The third kappa shape index (κ3) is 4.57. The van der Waals surface area contributed by atoms with Gasteiger partial charge in [-0.15, -0.1) is 5.10 Å². The summed E-state index contributed by atoms with van der Waals surface area (Å²) < 4.78 is 20.9. The number of rotatable bonds is 8. The van der Waals surface area contributed by atoms with E-state index in [1.807, 2.05) is 24.3 Å². The predicted molar refractivity (Wildman–Crippen MR) is 117 cm³/mol. The minimum absolute atomic E-state index is 0.259. The van der Waals surface area contributed by atoms with Crippen LogP contribution in [0.15, 0.2) is 53.3 Å². The molecular formula is C23H22FN3O2S. The highest BCUT2D eigenvalue weighted by Crippen LogP contribution is 2.20. The molecule has 0 saturated carbocycles. The largest absolute Gasteiger partial charge is 0.494 e. The van der Waals surface area contributed by atoms with E-state index in [0.717, 1.165) is 17.7 Å². The van der Waals surface area contributed by atoms with Crippen molar-refractivity contribution in [1.82, 2.24) is 14.6 Å². The van der Waals surface area contributed by atoms with Gasteiger partial charge >= 0.3 is 0 Å². The Bertz CT molecular complexity index is 1250. The molecular weight excluding hydrogens is 401 g/mol. The number of benzene rings is 2. The fraction of sp³-hybridized carbons (Fsp3) is 0.261. The van der Waals surface area contributed by atoms with Crippen LogP contribution in [0.4, 0.5) is 4.39 Å². The Hall–Kier alpha value is -3.06. The second kappa shape index (κ2) is 9.17. The molecule has 7 heteroatoms. The van der Waals surface area contributed by atoms with Crippen LogP contribution in [0, 0.1) is 5.82 Å². The highest BCUT2D eigenvalue weighted by Gasteiger charge is 2.12. The average molecular weight is 424 g/mol. The molecule has 0 atom stereocenters. The average Bonchev–Trinajstić information content (AvgIpc) is 3.28. The van der Waals surface area contributed by atoms with E-state index in [9.17, 15) is 9.18 Å². The number of thiazole rings is 1. The minimum atomic E-state index is -0.341. The number of unbranched alkanes of at least 4 members (excludes halogenated alkanes) is 3. The summed E-state index contributed by atoms with van der Waals surface area (Å²) in [7, 11) is 0. The van der Waals surface area contributed by atoms with Crippen molar-refractivity contribution in [3.05, 3.63) is 74.8 Å². The molecule has 30 heavy (non-hydrogen) atoms. The molecule has 0 bridgehead atoms. The fourth-order valence-electron chi connectivity index (χ4n) is 3.12. The quantitative estimate of drug-likeness (QED) is 0.393. The lowest BCUT2D eigenvalue weighted by atomic mass is 10.2. The number of fused-ring (bicyclic) bond motifs is 1. The molecule has 0 aliphatic carbocycles. The van der Waals surface area contributed by atoms with Crippen molar-refractivity contribution in [2.24, 2.45) is 0 Å². The number of nitrogens with zero attached hydrogens (tertiary/aromatic N) is 3. The molecule has 0 saturated heterocycles. The van der Waals surface area contributed by atoms with Crippen molar-refractivity contribution in [2.75, 3.05) is 6.61 Å². The Balaban J connectivity index is 1.51. The minimum Gasteiger partial charge on any atom is -0.494 e. The molecule has 0 N–H and O–H groups in total. The first kappa shape index (κ1) is 20.2. The summed E-state index contributed by atoms with van der Waals surface area (Å²) in [5, 5.41) is 4.36. The summed E-state index contributed by atoms with van der Waals surface area (Å²) >= 11 is 1.23. The topological polar surface area (TPSA) is 56.5 Å². The molecule has 2 aromatic heterocycles. The Morgan fingerprint density at radius 2 is 1.97 bits per heavy atom. The second-order valence-corrected chi connectivity index (χ2v) is 8.04. The summed E-state index contributed by atoms with van der Waals surface area (Å²) in [5.74, 6) is 0.962. The number of hydrogen-bond donors (Lipinski definition) is 0. The van der Waals surface area contributed by atoms with E-state index < -0.39 is 0 Å². The van der Waals surface area contributed by atoms with Gasteiger partial charge in [0.25, 0.3) is 5.56 Å². The maximum absolute atomic E-state index is 13.4. The lowest BCUT2D eigenvalue weighted by Gasteiger charge is -2.06. The molecule has 154 valence electrons. The molecule has 0 fully saturated rings. The number of ether oxygens (including phenoxy) is 1. The van der Waals surface area contributed by atoms with Crippen LogP contribution in [0.5, 0.6) is 5.75 Å². The van der Waals surface area contributed by atoms with Gasteiger partial charge in [-0.1, -0.05) is 49.7 Å². The van der Waals surface area contributed by atoms with Gasteiger partial charge in [0, 0.05) is 5.56 Å². The van der Waals surface area contributed by atoms with Gasteiger partial charge in [0.15, 0.2) is 5.82 Å². The summed E-state index contributed by atoms with van der Waals surface area (Å²) in [4.78, 5) is 17.6. The summed E-state index contributed by atoms with van der Waals surface area (Å²) in [6.45, 7) is 2.90. The van der Waals surface area contributed by atoms with Crippen LogP contribution in [0.2, 0.25) is 0 Å². The molecule has 0 radical (unpaired) electrons. The molecule has 0 spiro atoms. The van der Waals surface area contributed by atoms with Gasteiger partial charge in [-0.05, 0) is 54.5 Å². The highest BCUT2D eigenvalue weighted by molar-refractivity contribution is 7.15. The normalized spacial score (nSPS) is 12.0. The Morgan fingerprint density at radius 3 is 2.70 bits per heavy atom. The monoisotopic (exact) mass is 423 g/mol. The Labute approximate surface area is 177 Å². The third-order valence-corrected chi connectivity index (χ3v) is 5.67. The number of aromatic nitrogens is 3. The number of halogens is 1. The predicted octanol–water partition coefficient (Wildman–Crippen LogP) is 4.46. The molecule has 4 aromatic rings. The highest BCUT2D eigenvalue weighted by atomic mass is 32.1. The van der Waals surface area contributed by atoms with Crippen molar-refractivity contribution in [3.63, 3.8) is 0 Å². The van der Waals surface area contributed by atoms with Gasteiger partial charge < -0.3 is 4.74 Å². The zero-order chi connectivity index (χ0) is 20.9. The molecule has 0 unspecified atom stereocenters. The lowest BCUT2D eigenvalue weighted by Crippen LogP contribution is -2.23. The first-order chi connectivity index (χ1) is 14.6. The van der Waals surface area contributed by atoms with E-state index in [0.29, 0.717) is 27.5 Å². The van der Waals surface area contributed by atoms with E-state index in [2.05, 4.69) is 17.0 Å². The first-order valence-electron chi connectivity index (χ1n) is 10.0. The molecule has 5 nitrogen and oxygen atoms in total. The zero-order valence-corrected chi connectivity index (χ0v) is 17.5. The van der Waals surface area contributed by atoms with Crippen LogP contribution < -0.4 is 14.8 Å². The standard InChI is InChI=1S/C23H22FN3O2S/c1-2-3-4-5-13-29-19-11-9-17(10-12-19)21-25-23-27(26-21)22(28)20(30-23)15-16-7-6-8-18(24)14-16/h6-12,14-15H,2-5,13H2,1H3/b20-15+. The van der Waals surface area contributed by atoms with Crippen LogP contribution in [0.25, 0.3) is 22.4 Å². The van der Waals surface area contributed by atoms with Crippen LogP contribution in [-0.2, 0) is 0 Å². The molecule has 2 heterocycles. The lowest BCUT2D eigenvalue weighted by molar-refractivity contribution is 0.305. The molecule has 0 aliphatic rings. The number of hydrogen-bond acceptors (Lipinski definition) is 5. The van der Waals surface area contributed by atoms with Crippen LogP contribution in [-0.4, -0.2) is 21.2 Å². The van der Waals surface area contributed by atoms with Gasteiger partial charge in [0.05, 0.1) is 11.1 Å². The van der Waals surface area contributed by atoms with Crippen LogP contribution in [0.3, 0.4) is 0 Å².